The molecule has 1 heterocycles. The van der Waals surface area contributed by atoms with Crippen LogP contribution in [0.5, 0.6) is 0 Å². The van der Waals surface area contributed by atoms with Crippen LogP contribution >= 0.6 is 11.6 Å². The molecule has 0 amide bonds. The lowest BCUT2D eigenvalue weighted by Crippen LogP contribution is -2.36. The monoisotopic (exact) mass is 429 g/mol. The molecule has 0 aromatic heterocycles. The average Bonchev–Trinajstić information content (AvgIpc) is 2.61. The lowest BCUT2D eigenvalue weighted by Gasteiger charge is -2.30. The summed E-state index contributed by atoms with van der Waals surface area (Å²) in [4.78, 5) is 11.5. The van der Waals surface area contributed by atoms with Gasteiger partial charge in [-0.1, -0.05) is 11.6 Å². The summed E-state index contributed by atoms with van der Waals surface area (Å²) in [5, 5.41) is 11.4. The van der Waals surface area contributed by atoms with E-state index in [0.29, 0.717) is 38.1 Å². The molecule has 3 rings (SSSR count). The van der Waals surface area contributed by atoms with Gasteiger partial charge >= 0.3 is 0 Å². The molecule has 28 heavy (non-hydrogen) atoms. The van der Waals surface area contributed by atoms with Gasteiger partial charge in [0.15, 0.2) is 0 Å². The molecule has 1 N–H and O–H groups in total. The van der Waals surface area contributed by atoms with Gasteiger partial charge in [-0.3, -0.25) is 14.8 Å². The quantitative estimate of drug-likeness (QED) is 0.577. The van der Waals surface area contributed by atoms with E-state index in [1.54, 1.807) is 12.1 Å². The van der Waals surface area contributed by atoms with Crippen LogP contribution in [0, 0.1) is 22.9 Å². The number of halogens is 2. The van der Waals surface area contributed by atoms with Crippen LogP contribution in [-0.4, -0.2) is 39.6 Å². The third-order valence-corrected chi connectivity index (χ3v) is 5.91. The van der Waals surface area contributed by atoms with Crippen LogP contribution in [0.25, 0.3) is 0 Å². The van der Waals surface area contributed by atoms with Crippen molar-refractivity contribution < 1.29 is 22.5 Å². The first-order valence-electron chi connectivity index (χ1n) is 8.28. The van der Waals surface area contributed by atoms with Crippen molar-refractivity contribution in [2.75, 3.05) is 35.9 Å². The fourth-order valence-electron chi connectivity index (χ4n) is 2.91. The molecule has 2 aromatic carbocycles. The number of nitro groups is 1. The third-order valence-electron chi connectivity index (χ3n) is 4.29. The van der Waals surface area contributed by atoms with E-state index >= 15 is 0 Å². The van der Waals surface area contributed by atoms with Crippen LogP contribution in [0.3, 0.4) is 0 Å². The number of sulfonamides is 1. The van der Waals surface area contributed by atoms with Gasteiger partial charge in [0.2, 0.25) is 0 Å². The highest BCUT2D eigenvalue weighted by molar-refractivity contribution is 7.92. The van der Waals surface area contributed by atoms with Gasteiger partial charge in [-0.15, -0.1) is 0 Å². The van der Waals surface area contributed by atoms with Crippen molar-refractivity contribution in [1.82, 2.24) is 0 Å². The maximum atomic E-state index is 14.3. The van der Waals surface area contributed by atoms with Crippen LogP contribution in [0.2, 0.25) is 5.02 Å². The second kappa shape index (κ2) is 7.90. The molecule has 1 aliphatic rings. The number of hydrogen-bond acceptors (Lipinski definition) is 6. The van der Waals surface area contributed by atoms with Crippen molar-refractivity contribution in [3.8, 4) is 0 Å². The molecule has 8 nitrogen and oxygen atoms in total. The Balaban J connectivity index is 2.03. The molecule has 1 fully saturated rings. The van der Waals surface area contributed by atoms with E-state index in [2.05, 4.69) is 4.72 Å². The molecule has 150 valence electrons. The number of morpholine rings is 1. The number of aryl methyl sites for hydroxylation is 1. The van der Waals surface area contributed by atoms with E-state index in [1.807, 2.05) is 4.90 Å². The van der Waals surface area contributed by atoms with Crippen LogP contribution in [0.1, 0.15) is 5.56 Å². The zero-order chi connectivity index (χ0) is 20.5. The Bertz CT molecular complexity index is 1030. The molecular weight excluding hydrogens is 413 g/mol. The molecule has 1 aliphatic heterocycles. The normalized spacial score (nSPS) is 14.8. The van der Waals surface area contributed by atoms with E-state index in [-0.39, 0.29) is 16.3 Å². The molecule has 1 saturated heterocycles. The van der Waals surface area contributed by atoms with E-state index in [1.165, 1.54) is 13.0 Å². The lowest BCUT2D eigenvalue weighted by molar-refractivity contribution is -0.385. The Hall–Kier alpha value is -2.43. The molecule has 0 aliphatic carbocycles. The predicted molar refractivity (Wildman–Crippen MR) is 103 cm³/mol. The summed E-state index contributed by atoms with van der Waals surface area (Å²) in [6.07, 6.45) is 0. The second-order valence-corrected chi connectivity index (χ2v) is 8.28. The van der Waals surface area contributed by atoms with Crippen LogP contribution in [-0.2, 0) is 14.8 Å². The largest absolute Gasteiger partial charge is 0.378 e. The molecule has 11 heteroatoms. The summed E-state index contributed by atoms with van der Waals surface area (Å²) in [5.41, 5.74) is 0.245. The number of nitrogens with one attached hydrogen (secondary N) is 1. The van der Waals surface area contributed by atoms with Gasteiger partial charge in [0.1, 0.15) is 10.7 Å². The van der Waals surface area contributed by atoms with Crippen molar-refractivity contribution in [3.63, 3.8) is 0 Å². The van der Waals surface area contributed by atoms with Gasteiger partial charge in [-0.05, 0) is 31.2 Å². The highest BCUT2D eigenvalue weighted by Gasteiger charge is 2.26. The summed E-state index contributed by atoms with van der Waals surface area (Å²) in [6.45, 7) is 3.38. The minimum Gasteiger partial charge on any atom is -0.378 e. The van der Waals surface area contributed by atoms with Gasteiger partial charge in [0.25, 0.3) is 15.7 Å². The zero-order valence-corrected chi connectivity index (χ0v) is 16.4. The number of ether oxygens (including phenoxy) is 1. The third kappa shape index (κ3) is 4.18. The number of nitrogens with zero attached hydrogens (tertiary/aromatic N) is 2. The maximum Gasteiger partial charge on any atom is 0.273 e. The number of hydrogen-bond donors (Lipinski definition) is 1. The van der Waals surface area contributed by atoms with E-state index < -0.39 is 31.3 Å². The SMILES string of the molecule is Cc1cc(F)c(S(=O)(=O)Nc2cc(Cl)ccc2N2CCOCC2)cc1[N+](=O)[O-]. The zero-order valence-electron chi connectivity index (χ0n) is 14.8. The Kier molecular flexibility index (Phi) is 5.73. The van der Waals surface area contributed by atoms with Crippen molar-refractivity contribution in [1.29, 1.82) is 0 Å². The first kappa shape index (κ1) is 20.3. The molecule has 0 saturated carbocycles. The summed E-state index contributed by atoms with van der Waals surface area (Å²) < 4.78 is 47.5. The first-order chi connectivity index (χ1) is 13.2. The van der Waals surface area contributed by atoms with E-state index in [4.69, 9.17) is 16.3 Å². The lowest BCUT2D eigenvalue weighted by atomic mass is 10.2. The predicted octanol–water partition coefficient (Wildman–Crippen LogP) is 3.33. The minimum absolute atomic E-state index is 0.0261. The minimum atomic E-state index is -4.44. The summed E-state index contributed by atoms with van der Waals surface area (Å²) in [6, 6.07) is 6.21. The number of nitro benzene ring substituents is 1. The maximum absolute atomic E-state index is 14.3. The van der Waals surface area contributed by atoms with Crippen LogP contribution in [0.4, 0.5) is 21.5 Å². The highest BCUT2D eigenvalue weighted by atomic mass is 35.5. The van der Waals surface area contributed by atoms with Gasteiger partial charge in [0, 0.05) is 29.7 Å². The number of anilines is 2. The van der Waals surface area contributed by atoms with Gasteiger partial charge in [-0.2, -0.15) is 0 Å². The molecule has 0 bridgehead atoms. The van der Waals surface area contributed by atoms with E-state index in [9.17, 15) is 22.9 Å². The highest BCUT2D eigenvalue weighted by Crippen LogP contribution is 2.33. The molecule has 0 atom stereocenters. The summed E-state index contributed by atoms with van der Waals surface area (Å²) in [5.74, 6) is -1.08. The first-order valence-corrected chi connectivity index (χ1v) is 10.1. The van der Waals surface area contributed by atoms with Crippen molar-refractivity contribution in [2.45, 2.75) is 11.8 Å². The fraction of sp³-hybridized carbons (Fsp3) is 0.294. The summed E-state index contributed by atoms with van der Waals surface area (Å²) >= 11 is 6.01. The van der Waals surface area contributed by atoms with Crippen molar-refractivity contribution in [3.05, 3.63) is 56.8 Å². The second-order valence-electron chi connectivity index (χ2n) is 6.19. The number of rotatable bonds is 5. The van der Waals surface area contributed by atoms with Gasteiger partial charge in [0.05, 0.1) is 29.5 Å². The molecule has 0 spiro atoms. The smallest absolute Gasteiger partial charge is 0.273 e. The Labute approximate surface area is 166 Å². The van der Waals surface area contributed by atoms with Gasteiger partial charge in [-0.25, -0.2) is 12.8 Å². The topological polar surface area (TPSA) is 102 Å². The fourth-order valence-corrected chi connectivity index (χ4v) is 4.23. The number of benzene rings is 2. The average molecular weight is 430 g/mol. The van der Waals surface area contributed by atoms with Crippen LogP contribution in [0.15, 0.2) is 35.2 Å². The Morgan fingerprint density at radius 2 is 1.93 bits per heavy atom. The molecule has 2 aromatic rings. The summed E-state index contributed by atoms with van der Waals surface area (Å²) in [7, 11) is -4.44. The standard InChI is InChI=1S/C17H17ClFN3O5S/c1-11-8-13(19)17(10-16(11)22(23)24)28(25,26)20-14-9-12(18)2-3-15(14)21-4-6-27-7-5-21/h2-3,8-10,20H,4-7H2,1H3. The molecule has 0 radical (unpaired) electrons. The molecule has 0 unspecified atom stereocenters. The Morgan fingerprint density at radius 3 is 2.57 bits per heavy atom. The van der Waals surface area contributed by atoms with Gasteiger partial charge < -0.3 is 9.64 Å². The molecular formula is C17H17ClFN3O5S. The van der Waals surface area contributed by atoms with Crippen LogP contribution < -0.4 is 9.62 Å². The van der Waals surface area contributed by atoms with E-state index in [0.717, 1.165) is 6.07 Å². The van der Waals surface area contributed by atoms with Crippen molar-refractivity contribution >= 4 is 38.7 Å². The Morgan fingerprint density at radius 1 is 1.25 bits per heavy atom. The van der Waals surface area contributed by atoms with Crippen molar-refractivity contribution in [2.24, 2.45) is 0 Å².